The van der Waals surface area contributed by atoms with Crippen LogP contribution in [-0.2, 0) is 0 Å². The maximum absolute atomic E-state index is 9.78. The molecule has 0 radical (unpaired) electrons. The molecule has 3 N–H and O–H groups in total. The van der Waals surface area contributed by atoms with Crippen LogP contribution in [0.5, 0.6) is 0 Å². The molecular weight excluding hydrogens is 132 g/mol. The van der Waals surface area contributed by atoms with Crippen molar-refractivity contribution in [2.45, 2.75) is 0 Å². The van der Waals surface area contributed by atoms with Gasteiger partial charge in [0.15, 0.2) is 0 Å². The van der Waals surface area contributed by atoms with Crippen molar-refractivity contribution in [2.24, 2.45) is 0 Å². The highest BCUT2D eigenvalue weighted by Gasteiger charge is 1.92. The van der Waals surface area contributed by atoms with Crippen LogP contribution < -0.4 is 10.9 Å². The Morgan fingerprint density at radius 2 is 1.88 bits per heavy atom. The number of rotatable bonds is 0. The number of nitrogens with one attached hydrogen (secondary N) is 2. The van der Waals surface area contributed by atoms with Crippen molar-refractivity contribution < 1.29 is 14.7 Å². The lowest BCUT2D eigenvalue weighted by atomic mass is 11.2. The molecule has 0 unspecified atom stereocenters. The number of thiol groups is 1. The van der Waals surface area contributed by atoms with E-state index in [1.165, 1.54) is 0 Å². The maximum Gasteiger partial charge on any atom is 0.423 e. The summed E-state index contributed by atoms with van der Waals surface area (Å²) in [5, 5.41) is 7.06. The summed E-state index contributed by atoms with van der Waals surface area (Å²) in [6.07, 6.45) is -1.33. The van der Waals surface area contributed by atoms with Gasteiger partial charge in [-0.15, -0.1) is 0 Å². The van der Waals surface area contributed by atoms with Gasteiger partial charge < -0.3 is 5.11 Å². The van der Waals surface area contributed by atoms with E-state index in [0.717, 1.165) is 0 Å². The van der Waals surface area contributed by atoms with E-state index in [0.29, 0.717) is 0 Å². The van der Waals surface area contributed by atoms with Crippen LogP contribution in [0.4, 0.5) is 9.59 Å². The van der Waals surface area contributed by atoms with Crippen molar-refractivity contribution in [1.29, 1.82) is 0 Å². The van der Waals surface area contributed by atoms with Crippen LogP contribution in [0, 0.1) is 0 Å². The first kappa shape index (κ1) is 7.09. The Bertz CT molecular complexity index is 99.9. The van der Waals surface area contributed by atoms with Crippen molar-refractivity contribution in [3.8, 4) is 0 Å². The molecule has 0 aliphatic rings. The van der Waals surface area contributed by atoms with Gasteiger partial charge in [-0.3, -0.25) is 10.2 Å². The molecule has 0 aliphatic heterocycles. The molecule has 0 rings (SSSR count). The minimum atomic E-state index is -1.33. The summed E-state index contributed by atoms with van der Waals surface area (Å²) >= 11 is 3.20. The molecule has 0 aromatic heterocycles. The maximum atomic E-state index is 9.78. The van der Waals surface area contributed by atoms with E-state index in [4.69, 9.17) is 5.11 Å². The van der Waals surface area contributed by atoms with Gasteiger partial charge in [-0.25, -0.2) is 10.2 Å². The molecule has 0 saturated carbocycles. The number of carbonyl (C=O) groups is 2. The zero-order chi connectivity index (χ0) is 6.57. The fraction of sp³-hybridized carbons (Fsp3) is 0. The molecule has 2 amide bonds. The molecular formula is C2H4N2O3S. The number of carbonyl (C=O) groups excluding carboxylic acids is 1. The van der Waals surface area contributed by atoms with E-state index in [9.17, 15) is 9.59 Å². The van der Waals surface area contributed by atoms with Crippen molar-refractivity contribution in [2.75, 3.05) is 0 Å². The molecule has 8 heavy (non-hydrogen) atoms. The van der Waals surface area contributed by atoms with Gasteiger partial charge in [-0.1, -0.05) is 12.6 Å². The third-order valence-corrected chi connectivity index (χ3v) is 0.388. The Balaban J connectivity index is 3.18. The van der Waals surface area contributed by atoms with Gasteiger partial charge in [0.05, 0.1) is 0 Å². The summed E-state index contributed by atoms with van der Waals surface area (Å²) < 4.78 is 0. The summed E-state index contributed by atoms with van der Waals surface area (Å²) in [7, 11) is 0. The molecule has 6 heteroatoms. The van der Waals surface area contributed by atoms with Crippen LogP contribution in [0.1, 0.15) is 0 Å². The van der Waals surface area contributed by atoms with Gasteiger partial charge in [0.25, 0.3) is 5.24 Å². The van der Waals surface area contributed by atoms with E-state index in [1.807, 2.05) is 0 Å². The number of amides is 2. The summed E-state index contributed by atoms with van der Waals surface area (Å²) in [6.45, 7) is 0. The van der Waals surface area contributed by atoms with Crippen LogP contribution in [0.25, 0.3) is 0 Å². The minimum Gasteiger partial charge on any atom is -0.464 e. The summed E-state index contributed by atoms with van der Waals surface area (Å²) in [6, 6.07) is 0. The second-order valence-electron chi connectivity index (χ2n) is 0.860. The molecule has 0 saturated heterocycles. The average molecular weight is 136 g/mol. The molecule has 0 aromatic carbocycles. The molecule has 5 nitrogen and oxygen atoms in total. The zero-order valence-corrected chi connectivity index (χ0v) is 4.61. The van der Waals surface area contributed by atoms with E-state index in [2.05, 4.69) is 12.6 Å². The highest BCUT2D eigenvalue weighted by atomic mass is 32.1. The molecule has 46 valence electrons. The SMILES string of the molecule is O=C(O)NNC(=O)S. The lowest BCUT2D eigenvalue weighted by molar-refractivity contribution is 0.189. The molecule has 0 fully saturated rings. The molecule has 0 aromatic rings. The van der Waals surface area contributed by atoms with Gasteiger partial charge in [0.1, 0.15) is 0 Å². The first-order chi connectivity index (χ1) is 3.63. The Labute approximate surface area is 50.4 Å². The van der Waals surface area contributed by atoms with Crippen molar-refractivity contribution in [3.63, 3.8) is 0 Å². The number of hydrazine groups is 1. The number of hydrogen-bond acceptors (Lipinski definition) is 2. The Morgan fingerprint density at radius 1 is 1.38 bits per heavy atom. The third-order valence-electron chi connectivity index (χ3n) is 0.276. The van der Waals surface area contributed by atoms with Crippen LogP contribution in [0.2, 0.25) is 0 Å². The Kier molecular flexibility index (Phi) is 2.78. The van der Waals surface area contributed by atoms with Crippen molar-refractivity contribution >= 4 is 24.0 Å². The molecule has 0 spiro atoms. The van der Waals surface area contributed by atoms with E-state index in [1.54, 1.807) is 10.9 Å². The van der Waals surface area contributed by atoms with Gasteiger partial charge in [-0.05, 0) is 0 Å². The minimum absolute atomic E-state index is 0.743. The largest absolute Gasteiger partial charge is 0.464 e. The Morgan fingerprint density at radius 3 is 2.00 bits per heavy atom. The highest BCUT2D eigenvalue weighted by molar-refractivity contribution is 7.96. The fourth-order valence-corrected chi connectivity index (χ4v) is 0.163. The average Bonchev–Trinajstić information content (AvgIpc) is 1.61. The van der Waals surface area contributed by atoms with Crippen LogP contribution in [-0.4, -0.2) is 16.4 Å². The van der Waals surface area contributed by atoms with E-state index >= 15 is 0 Å². The monoisotopic (exact) mass is 136 g/mol. The Hall–Kier alpha value is -0.910. The first-order valence-corrected chi connectivity index (χ1v) is 2.05. The zero-order valence-electron chi connectivity index (χ0n) is 3.71. The van der Waals surface area contributed by atoms with E-state index < -0.39 is 11.3 Å². The van der Waals surface area contributed by atoms with Gasteiger partial charge in [0, 0.05) is 0 Å². The molecule has 0 heterocycles. The van der Waals surface area contributed by atoms with Crippen molar-refractivity contribution in [1.82, 2.24) is 10.9 Å². The lowest BCUT2D eigenvalue weighted by Crippen LogP contribution is -2.37. The summed E-state index contributed by atoms with van der Waals surface area (Å²) in [5.41, 5.74) is 3.31. The second kappa shape index (κ2) is 3.14. The van der Waals surface area contributed by atoms with Gasteiger partial charge in [0.2, 0.25) is 0 Å². The molecule has 0 aliphatic carbocycles. The number of hydrogen-bond donors (Lipinski definition) is 4. The predicted molar refractivity (Wildman–Crippen MR) is 28.7 cm³/mol. The van der Waals surface area contributed by atoms with Crippen LogP contribution >= 0.6 is 12.6 Å². The normalized spacial score (nSPS) is 7.62. The smallest absolute Gasteiger partial charge is 0.423 e. The van der Waals surface area contributed by atoms with Crippen molar-refractivity contribution in [3.05, 3.63) is 0 Å². The molecule has 0 bridgehead atoms. The third kappa shape index (κ3) is 5.09. The molecule has 0 atom stereocenters. The summed E-state index contributed by atoms with van der Waals surface area (Å²) in [5.74, 6) is 0. The predicted octanol–water partition coefficient (Wildman–Crippen LogP) is -0.192. The summed E-state index contributed by atoms with van der Waals surface area (Å²) in [4.78, 5) is 19.3. The van der Waals surface area contributed by atoms with Crippen LogP contribution in [0.15, 0.2) is 0 Å². The van der Waals surface area contributed by atoms with Crippen LogP contribution in [0.3, 0.4) is 0 Å². The second-order valence-corrected chi connectivity index (χ2v) is 1.27. The fourth-order valence-electron chi connectivity index (χ4n) is 0.107. The first-order valence-electron chi connectivity index (χ1n) is 1.61. The lowest BCUT2D eigenvalue weighted by Gasteiger charge is -1.95. The number of carboxylic acid groups (broad SMARTS) is 1. The van der Waals surface area contributed by atoms with E-state index in [-0.39, 0.29) is 0 Å². The van der Waals surface area contributed by atoms with Gasteiger partial charge in [-0.2, -0.15) is 0 Å². The highest BCUT2D eigenvalue weighted by Crippen LogP contribution is 1.69. The standard InChI is InChI=1S/C2H4N2O3S/c5-1(6)3-4-2(7)8/h3H,(H,5,6)(H2,4,7,8). The van der Waals surface area contributed by atoms with Gasteiger partial charge >= 0.3 is 6.09 Å². The quantitative estimate of drug-likeness (QED) is 0.275. The topological polar surface area (TPSA) is 78.4 Å².